The van der Waals surface area contributed by atoms with Gasteiger partial charge in [-0.15, -0.1) is 0 Å². The van der Waals surface area contributed by atoms with Gasteiger partial charge in [0.2, 0.25) is 0 Å². The first-order chi connectivity index (χ1) is 10.4. The van der Waals surface area contributed by atoms with Crippen LogP contribution in [0, 0.1) is 25.7 Å². The molecule has 0 N–H and O–H groups in total. The van der Waals surface area contributed by atoms with Gasteiger partial charge in [0.05, 0.1) is 12.2 Å². The van der Waals surface area contributed by atoms with E-state index in [-0.39, 0.29) is 0 Å². The van der Waals surface area contributed by atoms with E-state index >= 15 is 0 Å². The van der Waals surface area contributed by atoms with Crippen molar-refractivity contribution in [1.82, 2.24) is 9.78 Å². The highest BCUT2D eigenvalue weighted by Crippen LogP contribution is 2.31. The predicted octanol–water partition coefficient (Wildman–Crippen LogP) is 5.33. The molecule has 1 unspecified atom stereocenters. The molecule has 22 heavy (non-hydrogen) atoms. The molecule has 1 atom stereocenters. The highest BCUT2D eigenvalue weighted by molar-refractivity contribution is 5.26. The molecule has 1 aromatic heterocycles. The molecule has 0 amide bonds. The van der Waals surface area contributed by atoms with E-state index in [2.05, 4.69) is 74.7 Å². The Morgan fingerprint density at radius 1 is 1.00 bits per heavy atom. The van der Waals surface area contributed by atoms with Crippen molar-refractivity contribution in [3.05, 3.63) is 52.8 Å². The molecule has 1 aromatic carbocycles. The molecular formula is C20H30N2. The van der Waals surface area contributed by atoms with E-state index in [1.165, 1.54) is 23.2 Å². The molecule has 2 heteroatoms. The van der Waals surface area contributed by atoms with E-state index < -0.39 is 0 Å². The fraction of sp³-hybridized carbons (Fsp3) is 0.550. The average molecular weight is 298 g/mol. The van der Waals surface area contributed by atoms with Gasteiger partial charge in [0, 0.05) is 5.69 Å². The number of hydrogen-bond donors (Lipinski definition) is 0. The molecule has 0 fully saturated rings. The number of nitrogens with zero attached hydrogens (tertiary/aromatic N) is 2. The smallest absolute Gasteiger partial charge is 0.0662 e. The summed E-state index contributed by atoms with van der Waals surface area (Å²) in [6.07, 6.45) is 1.26. The molecule has 0 bridgehead atoms. The lowest BCUT2D eigenvalue weighted by Gasteiger charge is -2.23. The fourth-order valence-corrected chi connectivity index (χ4v) is 3.18. The third-order valence-electron chi connectivity index (χ3n) is 4.37. The Kier molecular flexibility index (Phi) is 5.44. The van der Waals surface area contributed by atoms with E-state index in [9.17, 15) is 0 Å². The van der Waals surface area contributed by atoms with Crippen LogP contribution in [-0.4, -0.2) is 9.78 Å². The Morgan fingerprint density at radius 2 is 1.64 bits per heavy atom. The summed E-state index contributed by atoms with van der Waals surface area (Å²) in [5.41, 5.74) is 5.11. The zero-order chi connectivity index (χ0) is 16.3. The van der Waals surface area contributed by atoms with Crippen molar-refractivity contribution in [1.29, 1.82) is 0 Å². The van der Waals surface area contributed by atoms with Gasteiger partial charge in [-0.1, -0.05) is 52.0 Å². The van der Waals surface area contributed by atoms with Crippen LogP contribution in [0.5, 0.6) is 0 Å². The molecule has 120 valence electrons. The lowest BCUT2D eigenvalue weighted by Crippen LogP contribution is -2.10. The minimum Gasteiger partial charge on any atom is -0.265 e. The standard InChI is InChI=1S/C20H30N2/c1-14(2)11-20(15(3)4)19-9-7-18(8-10-19)13-22-17(6)12-16(5)21-22/h7-10,12,14-15,20H,11,13H2,1-6H3. The zero-order valence-corrected chi connectivity index (χ0v) is 14.9. The van der Waals surface area contributed by atoms with E-state index in [0.29, 0.717) is 11.8 Å². The van der Waals surface area contributed by atoms with Gasteiger partial charge in [-0.3, -0.25) is 4.68 Å². The summed E-state index contributed by atoms with van der Waals surface area (Å²) in [6, 6.07) is 11.3. The van der Waals surface area contributed by atoms with Crippen LogP contribution in [0.4, 0.5) is 0 Å². The largest absolute Gasteiger partial charge is 0.265 e. The third-order valence-corrected chi connectivity index (χ3v) is 4.37. The fourth-order valence-electron chi connectivity index (χ4n) is 3.18. The van der Waals surface area contributed by atoms with E-state index in [1.54, 1.807) is 0 Å². The normalized spacial score (nSPS) is 13.1. The number of aryl methyl sites for hydroxylation is 2. The van der Waals surface area contributed by atoms with Gasteiger partial charge in [0.15, 0.2) is 0 Å². The van der Waals surface area contributed by atoms with Crippen LogP contribution in [0.2, 0.25) is 0 Å². The minimum atomic E-state index is 0.655. The molecule has 0 radical (unpaired) electrons. The second kappa shape index (κ2) is 7.13. The quantitative estimate of drug-likeness (QED) is 0.704. The Balaban J connectivity index is 2.13. The SMILES string of the molecule is Cc1cc(C)n(Cc2ccc(C(CC(C)C)C(C)C)cc2)n1. The summed E-state index contributed by atoms with van der Waals surface area (Å²) in [6.45, 7) is 14.3. The summed E-state index contributed by atoms with van der Waals surface area (Å²) in [7, 11) is 0. The zero-order valence-electron chi connectivity index (χ0n) is 14.9. The topological polar surface area (TPSA) is 17.8 Å². The monoisotopic (exact) mass is 298 g/mol. The average Bonchev–Trinajstić information content (AvgIpc) is 2.75. The van der Waals surface area contributed by atoms with Crippen molar-refractivity contribution in [2.24, 2.45) is 11.8 Å². The number of hydrogen-bond acceptors (Lipinski definition) is 1. The molecule has 2 rings (SSSR count). The summed E-state index contributed by atoms with van der Waals surface area (Å²) in [5, 5.41) is 4.55. The molecule has 0 saturated heterocycles. The molecule has 0 aliphatic heterocycles. The van der Waals surface area contributed by atoms with Gasteiger partial charge in [-0.25, -0.2) is 0 Å². The van der Waals surface area contributed by atoms with Crippen molar-refractivity contribution in [2.75, 3.05) is 0 Å². The Bertz CT molecular complexity index is 591. The van der Waals surface area contributed by atoms with Gasteiger partial charge < -0.3 is 0 Å². The van der Waals surface area contributed by atoms with Crippen LogP contribution in [-0.2, 0) is 6.54 Å². The number of benzene rings is 1. The molecular weight excluding hydrogens is 268 g/mol. The van der Waals surface area contributed by atoms with Gasteiger partial charge in [-0.2, -0.15) is 5.10 Å². The Morgan fingerprint density at radius 3 is 2.09 bits per heavy atom. The van der Waals surface area contributed by atoms with Crippen molar-refractivity contribution >= 4 is 0 Å². The molecule has 0 aliphatic rings. The third kappa shape index (κ3) is 4.22. The highest BCUT2D eigenvalue weighted by atomic mass is 15.3. The lowest BCUT2D eigenvalue weighted by atomic mass is 9.82. The lowest BCUT2D eigenvalue weighted by molar-refractivity contribution is 0.408. The van der Waals surface area contributed by atoms with E-state index in [1.807, 2.05) is 6.92 Å². The number of aromatic nitrogens is 2. The van der Waals surface area contributed by atoms with Crippen LogP contribution in [0.25, 0.3) is 0 Å². The van der Waals surface area contributed by atoms with Crippen molar-refractivity contribution in [3.63, 3.8) is 0 Å². The molecule has 0 saturated carbocycles. The summed E-state index contributed by atoms with van der Waals surface area (Å²) < 4.78 is 2.08. The van der Waals surface area contributed by atoms with Gasteiger partial charge >= 0.3 is 0 Å². The van der Waals surface area contributed by atoms with Crippen molar-refractivity contribution < 1.29 is 0 Å². The Hall–Kier alpha value is -1.57. The van der Waals surface area contributed by atoms with E-state index in [4.69, 9.17) is 0 Å². The van der Waals surface area contributed by atoms with Crippen LogP contribution < -0.4 is 0 Å². The second-order valence-electron chi connectivity index (χ2n) is 7.31. The molecule has 2 aromatic rings. The Labute approximate surface area is 135 Å². The summed E-state index contributed by atoms with van der Waals surface area (Å²) >= 11 is 0. The van der Waals surface area contributed by atoms with Crippen LogP contribution in [0.15, 0.2) is 30.3 Å². The van der Waals surface area contributed by atoms with Crippen molar-refractivity contribution in [3.8, 4) is 0 Å². The maximum absolute atomic E-state index is 4.55. The van der Waals surface area contributed by atoms with Crippen LogP contribution in [0.3, 0.4) is 0 Å². The van der Waals surface area contributed by atoms with Crippen LogP contribution in [0.1, 0.15) is 62.5 Å². The van der Waals surface area contributed by atoms with Gasteiger partial charge in [-0.05, 0) is 55.2 Å². The summed E-state index contributed by atoms with van der Waals surface area (Å²) in [5.74, 6) is 2.08. The summed E-state index contributed by atoms with van der Waals surface area (Å²) in [4.78, 5) is 0. The maximum Gasteiger partial charge on any atom is 0.0662 e. The molecule has 2 nitrogen and oxygen atoms in total. The first kappa shape index (κ1) is 16.8. The highest BCUT2D eigenvalue weighted by Gasteiger charge is 2.17. The maximum atomic E-state index is 4.55. The van der Waals surface area contributed by atoms with Gasteiger partial charge in [0.25, 0.3) is 0 Å². The van der Waals surface area contributed by atoms with Crippen molar-refractivity contribution in [2.45, 2.75) is 60.4 Å². The van der Waals surface area contributed by atoms with Crippen LogP contribution >= 0.6 is 0 Å². The minimum absolute atomic E-state index is 0.655. The number of rotatable bonds is 6. The van der Waals surface area contributed by atoms with Gasteiger partial charge in [0.1, 0.15) is 0 Å². The molecule has 0 aliphatic carbocycles. The molecule has 1 heterocycles. The molecule has 0 spiro atoms. The van der Waals surface area contributed by atoms with E-state index in [0.717, 1.165) is 18.2 Å². The second-order valence-corrected chi connectivity index (χ2v) is 7.31. The first-order valence-electron chi connectivity index (χ1n) is 8.46. The first-order valence-corrected chi connectivity index (χ1v) is 8.46. The predicted molar refractivity (Wildman–Crippen MR) is 94.3 cm³/mol.